The number of aliphatic hydroxyl groups is 1. The highest BCUT2D eigenvalue weighted by molar-refractivity contribution is 5.28. The number of aliphatic hydroxyl groups excluding tert-OH is 1. The molecule has 3 rings (SSSR count). The number of rotatable bonds is 5. The van der Waals surface area contributed by atoms with Crippen LogP contribution in [0.2, 0.25) is 0 Å². The van der Waals surface area contributed by atoms with E-state index < -0.39 is 6.10 Å². The molecule has 1 saturated heterocycles. The number of benzene rings is 2. The van der Waals surface area contributed by atoms with E-state index in [1.165, 1.54) is 18.4 Å². The summed E-state index contributed by atoms with van der Waals surface area (Å²) in [6.45, 7) is 4.16. The van der Waals surface area contributed by atoms with Crippen molar-refractivity contribution < 1.29 is 10.2 Å². The van der Waals surface area contributed by atoms with Crippen LogP contribution in [0.15, 0.2) is 54.6 Å². The van der Waals surface area contributed by atoms with Gasteiger partial charge in [0.05, 0.1) is 6.10 Å². The van der Waals surface area contributed by atoms with Crippen molar-refractivity contribution in [2.45, 2.75) is 45.8 Å². The highest BCUT2D eigenvalue weighted by Crippen LogP contribution is 2.28. The molecule has 25 heavy (non-hydrogen) atoms. The fourth-order valence-electron chi connectivity index (χ4n) is 3.66. The van der Waals surface area contributed by atoms with E-state index in [0.717, 1.165) is 31.0 Å². The van der Waals surface area contributed by atoms with Gasteiger partial charge in [0.25, 0.3) is 0 Å². The van der Waals surface area contributed by atoms with Gasteiger partial charge in [0.2, 0.25) is 0 Å². The minimum atomic E-state index is -0.517. The number of aromatic hydroxyl groups is 1. The molecular formula is C22H31NO2. The van der Waals surface area contributed by atoms with Crippen LogP contribution < -0.4 is 0 Å². The number of likely N-dealkylation sites (tertiary alicyclic amines) is 1. The van der Waals surface area contributed by atoms with Crippen LogP contribution in [-0.4, -0.2) is 34.2 Å². The molecule has 0 bridgehead atoms. The Balaban J connectivity index is 0.00000225. The SMILES string of the molecule is C.CC(C(O)c1ccc(O)cc1)N1CCC(Cc2ccccc2)CC1. The lowest BCUT2D eigenvalue weighted by Crippen LogP contribution is -2.43. The zero-order chi connectivity index (χ0) is 16.9. The van der Waals surface area contributed by atoms with E-state index in [-0.39, 0.29) is 19.2 Å². The Morgan fingerprint density at radius 3 is 2.20 bits per heavy atom. The molecule has 1 fully saturated rings. The molecule has 1 heterocycles. The fourth-order valence-corrected chi connectivity index (χ4v) is 3.66. The Kier molecular flexibility index (Phi) is 7.03. The minimum absolute atomic E-state index is 0. The van der Waals surface area contributed by atoms with Crippen molar-refractivity contribution in [3.8, 4) is 5.75 Å². The normalized spacial score (nSPS) is 18.3. The van der Waals surface area contributed by atoms with E-state index in [4.69, 9.17) is 0 Å². The Hall–Kier alpha value is -1.84. The summed E-state index contributed by atoms with van der Waals surface area (Å²) in [7, 11) is 0. The van der Waals surface area contributed by atoms with Gasteiger partial charge in [-0.25, -0.2) is 0 Å². The number of phenols is 1. The molecule has 3 heteroatoms. The minimum Gasteiger partial charge on any atom is -0.508 e. The molecule has 2 unspecified atom stereocenters. The van der Waals surface area contributed by atoms with Crippen molar-refractivity contribution in [1.29, 1.82) is 0 Å². The number of piperidine rings is 1. The molecule has 0 aromatic heterocycles. The van der Waals surface area contributed by atoms with Crippen LogP contribution in [0.4, 0.5) is 0 Å². The average Bonchev–Trinajstić information content (AvgIpc) is 2.63. The lowest BCUT2D eigenvalue weighted by molar-refractivity contribution is 0.0373. The summed E-state index contributed by atoms with van der Waals surface area (Å²) in [6.07, 6.45) is 3.00. The van der Waals surface area contributed by atoms with E-state index in [1.54, 1.807) is 24.3 Å². The van der Waals surface area contributed by atoms with Gasteiger partial charge in [0.1, 0.15) is 5.75 Å². The molecular weight excluding hydrogens is 310 g/mol. The first-order chi connectivity index (χ1) is 11.6. The highest BCUT2D eigenvalue weighted by atomic mass is 16.3. The summed E-state index contributed by atoms with van der Waals surface area (Å²) in [6, 6.07) is 17.7. The topological polar surface area (TPSA) is 43.7 Å². The third kappa shape index (κ3) is 5.07. The molecule has 0 saturated carbocycles. The van der Waals surface area contributed by atoms with Crippen molar-refractivity contribution in [2.24, 2.45) is 5.92 Å². The summed E-state index contributed by atoms with van der Waals surface area (Å²) in [5, 5.41) is 20.0. The van der Waals surface area contributed by atoms with E-state index in [0.29, 0.717) is 0 Å². The first-order valence-corrected chi connectivity index (χ1v) is 8.88. The van der Waals surface area contributed by atoms with E-state index in [2.05, 4.69) is 42.2 Å². The van der Waals surface area contributed by atoms with Crippen LogP contribution in [0, 0.1) is 5.92 Å². The van der Waals surface area contributed by atoms with Crippen molar-refractivity contribution in [3.05, 3.63) is 65.7 Å². The van der Waals surface area contributed by atoms with Gasteiger partial charge < -0.3 is 10.2 Å². The molecule has 0 aliphatic carbocycles. The maximum Gasteiger partial charge on any atom is 0.115 e. The van der Waals surface area contributed by atoms with Crippen molar-refractivity contribution in [2.75, 3.05) is 13.1 Å². The predicted octanol–water partition coefficient (Wildman–Crippen LogP) is 4.40. The van der Waals surface area contributed by atoms with Crippen LogP contribution in [0.5, 0.6) is 5.75 Å². The molecule has 1 aliphatic heterocycles. The summed E-state index contributed by atoms with van der Waals surface area (Å²) in [5.41, 5.74) is 2.29. The second-order valence-electron chi connectivity index (χ2n) is 6.95. The molecule has 1 aliphatic rings. The third-order valence-electron chi connectivity index (χ3n) is 5.28. The van der Waals surface area contributed by atoms with Gasteiger partial charge in [-0.05, 0) is 68.5 Å². The molecule has 3 nitrogen and oxygen atoms in total. The summed E-state index contributed by atoms with van der Waals surface area (Å²) >= 11 is 0. The monoisotopic (exact) mass is 341 g/mol. The lowest BCUT2D eigenvalue weighted by Gasteiger charge is -2.38. The van der Waals surface area contributed by atoms with Crippen LogP contribution >= 0.6 is 0 Å². The van der Waals surface area contributed by atoms with Crippen LogP contribution in [0.3, 0.4) is 0 Å². The Labute approximate surface area is 151 Å². The van der Waals surface area contributed by atoms with Crippen molar-refractivity contribution >= 4 is 0 Å². The molecule has 2 aromatic rings. The first kappa shape index (κ1) is 19.5. The highest BCUT2D eigenvalue weighted by Gasteiger charge is 2.27. The van der Waals surface area contributed by atoms with Crippen molar-refractivity contribution in [1.82, 2.24) is 4.90 Å². The van der Waals surface area contributed by atoms with E-state index >= 15 is 0 Å². The molecule has 0 spiro atoms. The summed E-state index contributed by atoms with van der Waals surface area (Å²) in [5.74, 6) is 0.974. The smallest absolute Gasteiger partial charge is 0.115 e. The van der Waals surface area contributed by atoms with E-state index in [1.807, 2.05) is 0 Å². The molecule has 0 amide bonds. The maximum absolute atomic E-state index is 10.6. The van der Waals surface area contributed by atoms with Gasteiger partial charge in [0.15, 0.2) is 0 Å². The fraction of sp³-hybridized carbons (Fsp3) is 0.455. The molecule has 0 radical (unpaired) electrons. The van der Waals surface area contributed by atoms with Crippen LogP contribution in [0.25, 0.3) is 0 Å². The average molecular weight is 341 g/mol. The molecule has 2 N–H and O–H groups in total. The predicted molar refractivity (Wildman–Crippen MR) is 104 cm³/mol. The number of hydrogen-bond donors (Lipinski definition) is 2. The Morgan fingerprint density at radius 2 is 1.60 bits per heavy atom. The number of nitrogens with zero attached hydrogens (tertiary/aromatic N) is 1. The van der Waals surface area contributed by atoms with Gasteiger partial charge in [-0.3, -0.25) is 4.90 Å². The molecule has 2 atom stereocenters. The first-order valence-electron chi connectivity index (χ1n) is 8.88. The van der Waals surface area contributed by atoms with Gasteiger partial charge in [0, 0.05) is 6.04 Å². The quantitative estimate of drug-likeness (QED) is 0.847. The lowest BCUT2D eigenvalue weighted by atomic mass is 9.89. The largest absolute Gasteiger partial charge is 0.508 e. The molecule has 2 aromatic carbocycles. The third-order valence-corrected chi connectivity index (χ3v) is 5.28. The number of hydrogen-bond acceptors (Lipinski definition) is 3. The van der Waals surface area contributed by atoms with Gasteiger partial charge in [-0.15, -0.1) is 0 Å². The zero-order valence-electron chi connectivity index (χ0n) is 14.3. The second-order valence-corrected chi connectivity index (χ2v) is 6.95. The standard InChI is InChI=1S/C21H27NO2.CH4/c1-16(21(24)19-7-9-20(23)10-8-19)22-13-11-18(12-14-22)15-17-5-3-2-4-6-17;/h2-10,16,18,21,23-24H,11-15H2,1H3;1H4. The van der Waals surface area contributed by atoms with E-state index in [9.17, 15) is 10.2 Å². The maximum atomic E-state index is 10.6. The molecule has 136 valence electrons. The summed E-state index contributed by atoms with van der Waals surface area (Å²) in [4.78, 5) is 2.39. The summed E-state index contributed by atoms with van der Waals surface area (Å²) < 4.78 is 0. The number of phenolic OH excluding ortho intramolecular Hbond substituents is 1. The Bertz CT molecular complexity index is 618. The van der Waals surface area contributed by atoms with Gasteiger partial charge >= 0.3 is 0 Å². The van der Waals surface area contributed by atoms with Gasteiger partial charge in [-0.1, -0.05) is 49.9 Å². The zero-order valence-corrected chi connectivity index (χ0v) is 14.3. The van der Waals surface area contributed by atoms with Crippen LogP contribution in [0.1, 0.15) is 44.4 Å². The van der Waals surface area contributed by atoms with Crippen molar-refractivity contribution in [3.63, 3.8) is 0 Å². The Morgan fingerprint density at radius 1 is 1.00 bits per heavy atom. The second kappa shape index (κ2) is 9.02. The van der Waals surface area contributed by atoms with Gasteiger partial charge in [-0.2, -0.15) is 0 Å². The van der Waals surface area contributed by atoms with Crippen LogP contribution in [-0.2, 0) is 6.42 Å².